The first-order chi connectivity index (χ1) is 17.6. The van der Waals surface area contributed by atoms with E-state index < -0.39 is 17.8 Å². The molecule has 0 aromatic heterocycles. The molecule has 0 spiro atoms. The number of anilines is 1. The molecule has 4 amide bonds. The quantitative estimate of drug-likeness (QED) is 0.224. The third-order valence-corrected chi connectivity index (χ3v) is 8.32. The summed E-state index contributed by atoms with van der Waals surface area (Å²) in [6, 6.07) is 12.8. The third-order valence-electron chi connectivity index (χ3n) is 5.44. The molecule has 11 heteroatoms. The van der Waals surface area contributed by atoms with Gasteiger partial charge in [-0.15, -0.1) is 0 Å². The Kier molecular flexibility index (Phi) is 8.28. The van der Waals surface area contributed by atoms with Gasteiger partial charge in [-0.3, -0.25) is 14.9 Å². The second kappa shape index (κ2) is 11.3. The average Bonchev–Trinajstić information content (AvgIpc) is 2.86. The zero-order valence-corrected chi connectivity index (χ0v) is 24.1. The number of imide groups is 2. The maximum Gasteiger partial charge on any atom is 0.335 e. The van der Waals surface area contributed by atoms with Crippen molar-refractivity contribution in [1.82, 2.24) is 5.32 Å². The average molecular weight is 669 g/mol. The van der Waals surface area contributed by atoms with Crippen LogP contribution < -0.4 is 19.7 Å². The van der Waals surface area contributed by atoms with E-state index >= 15 is 0 Å². The maximum atomic E-state index is 13.2. The fourth-order valence-electron chi connectivity index (χ4n) is 3.52. The molecule has 1 aliphatic heterocycles. The number of methoxy groups -OCH3 is 1. The first-order valence-electron chi connectivity index (χ1n) is 10.7. The zero-order chi connectivity index (χ0) is 26.9. The Morgan fingerprint density at radius 3 is 2.32 bits per heavy atom. The first kappa shape index (κ1) is 27.2. The number of benzene rings is 3. The van der Waals surface area contributed by atoms with Crippen LogP contribution in [0.15, 0.2) is 63.0 Å². The molecule has 0 bridgehead atoms. The normalized spacial score (nSPS) is 14.7. The topological polar surface area (TPSA) is 84.9 Å². The second-order valence-electron chi connectivity index (χ2n) is 7.96. The van der Waals surface area contributed by atoms with Crippen LogP contribution in [0.2, 0.25) is 10.0 Å². The van der Waals surface area contributed by atoms with E-state index in [9.17, 15) is 14.4 Å². The molecular weight excluding hydrogens is 651 g/mol. The number of amides is 4. The number of ether oxygens (including phenoxy) is 2. The molecule has 3 aromatic carbocycles. The van der Waals surface area contributed by atoms with E-state index in [0.717, 1.165) is 16.0 Å². The monoisotopic (exact) mass is 666 g/mol. The fourth-order valence-corrected chi connectivity index (χ4v) is 4.79. The van der Waals surface area contributed by atoms with Crippen molar-refractivity contribution >= 4 is 84.7 Å². The molecule has 7 nitrogen and oxygen atoms in total. The van der Waals surface area contributed by atoms with Gasteiger partial charge in [0.1, 0.15) is 12.2 Å². The largest absolute Gasteiger partial charge is 0.493 e. The minimum absolute atomic E-state index is 0.174. The predicted octanol–water partition coefficient (Wildman–Crippen LogP) is 7.08. The number of barbiturate groups is 1. The predicted molar refractivity (Wildman–Crippen MR) is 149 cm³/mol. The molecule has 0 unspecified atom stereocenters. The van der Waals surface area contributed by atoms with E-state index in [1.54, 1.807) is 48.5 Å². The van der Waals surface area contributed by atoms with Gasteiger partial charge in [-0.1, -0.05) is 47.0 Å². The number of nitrogens with one attached hydrogen (secondary N) is 1. The van der Waals surface area contributed by atoms with Crippen molar-refractivity contribution in [3.63, 3.8) is 0 Å². The van der Waals surface area contributed by atoms with Crippen LogP contribution in [0.3, 0.4) is 0 Å². The fraction of sp³-hybridized carbons (Fsp3) is 0.115. The third kappa shape index (κ3) is 5.70. The Balaban J connectivity index is 1.68. The van der Waals surface area contributed by atoms with Crippen LogP contribution in [-0.2, 0) is 16.2 Å². The highest BCUT2D eigenvalue weighted by molar-refractivity contribution is 9.13. The minimum Gasteiger partial charge on any atom is -0.493 e. The summed E-state index contributed by atoms with van der Waals surface area (Å²) in [6.45, 7) is 2.06. The van der Waals surface area contributed by atoms with Gasteiger partial charge >= 0.3 is 6.03 Å². The maximum absolute atomic E-state index is 13.2. The minimum atomic E-state index is -0.820. The molecule has 1 saturated heterocycles. The summed E-state index contributed by atoms with van der Waals surface area (Å²) in [5.41, 5.74) is 2.32. The number of rotatable bonds is 6. The lowest BCUT2D eigenvalue weighted by atomic mass is 10.1. The molecule has 0 aliphatic carbocycles. The smallest absolute Gasteiger partial charge is 0.335 e. The molecule has 3 aromatic rings. The van der Waals surface area contributed by atoms with Crippen molar-refractivity contribution in [2.75, 3.05) is 12.0 Å². The Labute approximate surface area is 239 Å². The van der Waals surface area contributed by atoms with Gasteiger partial charge in [0.25, 0.3) is 11.8 Å². The lowest BCUT2D eigenvalue weighted by Crippen LogP contribution is -2.54. The summed E-state index contributed by atoms with van der Waals surface area (Å²) in [7, 11) is 1.47. The van der Waals surface area contributed by atoms with E-state index in [2.05, 4.69) is 37.2 Å². The summed E-state index contributed by atoms with van der Waals surface area (Å²) in [6.07, 6.45) is 1.38. The van der Waals surface area contributed by atoms with E-state index in [1.807, 2.05) is 6.92 Å². The molecule has 0 radical (unpaired) electrons. The molecule has 0 saturated carbocycles. The van der Waals surface area contributed by atoms with E-state index in [0.29, 0.717) is 41.7 Å². The van der Waals surface area contributed by atoms with Gasteiger partial charge in [-0.2, -0.15) is 0 Å². The number of urea groups is 1. The number of hydrogen-bond donors (Lipinski definition) is 1. The number of carbonyl (C=O) groups is 3. The van der Waals surface area contributed by atoms with E-state index in [1.165, 1.54) is 13.2 Å². The molecule has 4 rings (SSSR count). The SMILES string of the molecule is COc1cc(/C=C2\C(=O)NC(=O)N(c3ccc(C)cc3)C2=O)c(Br)c(Br)c1OCc1ccc(Cl)c(Cl)c1. The van der Waals surface area contributed by atoms with Crippen molar-refractivity contribution < 1.29 is 23.9 Å². The Morgan fingerprint density at radius 1 is 0.973 bits per heavy atom. The van der Waals surface area contributed by atoms with Gasteiger partial charge in [-0.25, -0.2) is 9.69 Å². The van der Waals surface area contributed by atoms with Gasteiger partial charge in [0.2, 0.25) is 0 Å². The van der Waals surface area contributed by atoms with Gasteiger partial charge in [0.05, 0.1) is 27.3 Å². The number of nitrogens with zero attached hydrogens (tertiary/aromatic N) is 1. The molecule has 190 valence electrons. The van der Waals surface area contributed by atoms with Crippen LogP contribution in [0.1, 0.15) is 16.7 Å². The lowest BCUT2D eigenvalue weighted by Gasteiger charge is -2.26. The van der Waals surface area contributed by atoms with Crippen molar-refractivity contribution in [2.24, 2.45) is 0 Å². The van der Waals surface area contributed by atoms with Gasteiger partial charge in [0.15, 0.2) is 11.5 Å². The van der Waals surface area contributed by atoms with Crippen molar-refractivity contribution in [1.29, 1.82) is 0 Å². The van der Waals surface area contributed by atoms with Crippen molar-refractivity contribution in [3.05, 3.63) is 89.8 Å². The molecule has 1 heterocycles. The van der Waals surface area contributed by atoms with Crippen LogP contribution in [0, 0.1) is 6.92 Å². The van der Waals surface area contributed by atoms with Gasteiger partial charge < -0.3 is 9.47 Å². The second-order valence-corrected chi connectivity index (χ2v) is 10.4. The highest BCUT2D eigenvalue weighted by Gasteiger charge is 2.37. The molecule has 37 heavy (non-hydrogen) atoms. The van der Waals surface area contributed by atoms with Crippen LogP contribution >= 0.6 is 55.1 Å². The van der Waals surface area contributed by atoms with Crippen molar-refractivity contribution in [2.45, 2.75) is 13.5 Å². The van der Waals surface area contributed by atoms with Crippen LogP contribution in [0.5, 0.6) is 11.5 Å². The van der Waals surface area contributed by atoms with Gasteiger partial charge in [-0.05, 0) is 86.3 Å². The number of carbonyl (C=O) groups excluding carboxylic acids is 3. The molecule has 1 N–H and O–H groups in total. The molecule has 1 aliphatic rings. The number of halogens is 4. The number of aryl methyl sites for hydroxylation is 1. The summed E-state index contributed by atoms with van der Waals surface area (Å²) in [4.78, 5) is 39.3. The van der Waals surface area contributed by atoms with E-state index in [-0.39, 0.29) is 12.2 Å². The summed E-state index contributed by atoms with van der Waals surface area (Å²) in [5.74, 6) is -0.824. The van der Waals surface area contributed by atoms with Crippen LogP contribution in [0.4, 0.5) is 10.5 Å². The Bertz CT molecular complexity index is 1460. The van der Waals surface area contributed by atoms with Crippen molar-refractivity contribution in [3.8, 4) is 11.5 Å². The molecular formula is C26H18Br2Cl2N2O5. The summed E-state index contributed by atoms with van der Waals surface area (Å²) >= 11 is 19.1. The Hall–Kier alpha value is -2.85. The molecule has 1 fully saturated rings. The lowest BCUT2D eigenvalue weighted by molar-refractivity contribution is -0.122. The van der Waals surface area contributed by atoms with Crippen LogP contribution in [-0.4, -0.2) is 25.0 Å². The number of hydrogen-bond acceptors (Lipinski definition) is 5. The standard InChI is InChI=1S/C26H18Br2Cl2N2O5/c1-13-3-6-16(7-4-13)32-25(34)17(24(33)31-26(32)35)10-15-11-20(36-2)23(22(28)21(15)27)37-12-14-5-8-18(29)19(30)9-14/h3-11H,12H2,1-2H3,(H,31,33,35)/b17-10+. The highest BCUT2D eigenvalue weighted by Crippen LogP contribution is 2.44. The Morgan fingerprint density at radius 2 is 1.68 bits per heavy atom. The van der Waals surface area contributed by atoms with Crippen LogP contribution in [0.25, 0.3) is 6.08 Å². The highest BCUT2D eigenvalue weighted by atomic mass is 79.9. The molecule has 0 atom stereocenters. The van der Waals surface area contributed by atoms with Gasteiger partial charge in [0, 0.05) is 4.47 Å². The summed E-state index contributed by atoms with van der Waals surface area (Å²) < 4.78 is 12.5. The summed E-state index contributed by atoms with van der Waals surface area (Å²) in [5, 5.41) is 3.07. The van der Waals surface area contributed by atoms with E-state index in [4.69, 9.17) is 32.7 Å². The zero-order valence-electron chi connectivity index (χ0n) is 19.4. The first-order valence-corrected chi connectivity index (χ1v) is 13.1.